The van der Waals surface area contributed by atoms with E-state index in [1.807, 2.05) is 4.90 Å². The van der Waals surface area contributed by atoms with Gasteiger partial charge in [-0.2, -0.15) is 0 Å². The minimum Gasteiger partial charge on any atom is -0.481 e. The summed E-state index contributed by atoms with van der Waals surface area (Å²) in [5.74, 6) is -5.13. The summed E-state index contributed by atoms with van der Waals surface area (Å²) in [5, 5.41) is 52.6. The van der Waals surface area contributed by atoms with Gasteiger partial charge in [-0.25, -0.2) is 24.4 Å². The molecule has 8 N–H and O–H groups in total. The van der Waals surface area contributed by atoms with Crippen LogP contribution in [0.25, 0.3) is 0 Å². The minimum absolute atomic E-state index is 0.0132. The van der Waals surface area contributed by atoms with Gasteiger partial charge in [0.05, 0.1) is 32.9 Å². The number of hydrogen-bond acceptors (Lipinski definition) is 12. The van der Waals surface area contributed by atoms with Crippen LogP contribution in [0.3, 0.4) is 0 Å². The summed E-state index contributed by atoms with van der Waals surface area (Å²) in [7, 11) is 0. The number of carboxylic acid groups (broad SMARTS) is 5. The first-order chi connectivity index (χ1) is 26.7. The molecular weight excluding hydrogens is 744 g/mol. The van der Waals surface area contributed by atoms with E-state index in [0.717, 1.165) is 19.3 Å². The zero-order chi connectivity index (χ0) is 41.3. The highest BCUT2D eigenvalue weighted by molar-refractivity contribution is 5.86. The smallest absolute Gasteiger partial charge is 0.326 e. The lowest BCUT2D eigenvalue weighted by Gasteiger charge is -2.22. The molecule has 0 saturated carbocycles. The van der Waals surface area contributed by atoms with Crippen LogP contribution in [0.4, 0.5) is 4.79 Å². The molecule has 2 rings (SSSR count). The predicted molar refractivity (Wildman–Crippen MR) is 192 cm³/mol. The van der Waals surface area contributed by atoms with Crippen LogP contribution in [0.1, 0.15) is 69.4 Å². The fourth-order valence-corrected chi connectivity index (χ4v) is 5.31. The van der Waals surface area contributed by atoms with Gasteiger partial charge in [0.25, 0.3) is 0 Å². The first-order valence-electron chi connectivity index (χ1n) is 18.1. The van der Waals surface area contributed by atoms with Crippen molar-refractivity contribution in [1.82, 2.24) is 40.0 Å². The minimum atomic E-state index is -1.50. The number of ether oxygens (including phenoxy) is 2. The van der Waals surface area contributed by atoms with Crippen LogP contribution < -0.4 is 16.0 Å². The number of nitrogens with one attached hydrogen (secondary N) is 3. The van der Waals surface area contributed by atoms with Gasteiger partial charge in [-0.15, -0.1) is 0 Å². The second-order valence-electron chi connectivity index (χ2n) is 12.7. The second-order valence-corrected chi connectivity index (χ2v) is 12.7. The monoisotopic (exact) mass is 796 g/mol. The van der Waals surface area contributed by atoms with Gasteiger partial charge in [-0.1, -0.05) is 0 Å². The van der Waals surface area contributed by atoms with Crippen molar-refractivity contribution < 1.29 is 68.6 Å². The average molecular weight is 797 g/mol. The SMILES string of the molecule is O=C(O)CC[C@H](NC(=O)N[C@@H](CCCCNC(=O)CCOCCOCCCCCN(Cc1nccn1CC(=O)O)Cc1nccn1CC(=O)O)C(=O)O)C(=O)O. The first-order valence-corrected chi connectivity index (χ1v) is 18.1. The van der Waals surface area contributed by atoms with E-state index >= 15 is 0 Å². The standard InChI is InChI=1S/C34H52N8O14/c43-28(37-10-3-2-6-24(32(50)51)38-34(54)39-25(33(52)53)7-8-29(44)45)9-17-56-19-18-55-16-5-1-4-13-40(20-26-35-11-14-41(26)22-30(46)47)21-27-36-12-15-42(27)23-31(48)49/h11-12,14-15,24-25H,1-10,13,16-23H2,(H,37,43)(H,44,45)(H,46,47)(H,48,49)(H,50,51)(H,52,53)(H2,38,39,54)/t24-,25-/m0/s1. The number of hydrogen-bond donors (Lipinski definition) is 8. The van der Waals surface area contributed by atoms with Crippen LogP contribution in [0, 0.1) is 0 Å². The number of urea groups is 1. The van der Waals surface area contributed by atoms with Gasteiger partial charge >= 0.3 is 35.9 Å². The van der Waals surface area contributed by atoms with Gasteiger partial charge in [0.1, 0.15) is 36.8 Å². The lowest BCUT2D eigenvalue weighted by molar-refractivity contribution is -0.141. The van der Waals surface area contributed by atoms with E-state index in [4.69, 9.17) is 19.7 Å². The van der Waals surface area contributed by atoms with Crippen LogP contribution in [0.2, 0.25) is 0 Å². The van der Waals surface area contributed by atoms with E-state index in [1.54, 1.807) is 21.5 Å². The van der Waals surface area contributed by atoms with Gasteiger partial charge in [-0.3, -0.25) is 24.1 Å². The van der Waals surface area contributed by atoms with E-state index in [0.29, 0.717) is 57.3 Å². The first kappa shape index (κ1) is 46.5. The lowest BCUT2D eigenvalue weighted by Crippen LogP contribution is -2.51. The second kappa shape index (κ2) is 26.2. The quantitative estimate of drug-likeness (QED) is 0.0459. The summed E-state index contributed by atoms with van der Waals surface area (Å²) in [4.78, 5) is 90.8. The third-order valence-electron chi connectivity index (χ3n) is 8.15. The fraction of sp³-hybridized carbons (Fsp3) is 0.618. The van der Waals surface area contributed by atoms with Gasteiger partial charge in [0.2, 0.25) is 5.91 Å². The number of imidazole rings is 2. The highest BCUT2D eigenvalue weighted by Gasteiger charge is 2.25. The number of rotatable bonds is 32. The van der Waals surface area contributed by atoms with Crippen LogP contribution in [0.15, 0.2) is 24.8 Å². The van der Waals surface area contributed by atoms with Crippen molar-refractivity contribution >= 4 is 41.8 Å². The summed E-state index contributed by atoms with van der Waals surface area (Å²) in [5.41, 5.74) is 0. The van der Waals surface area contributed by atoms with Crippen LogP contribution in [0.5, 0.6) is 0 Å². The van der Waals surface area contributed by atoms with Crippen molar-refractivity contribution in [3.63, 3.8) is 0 Å². The summed E-state index contributed by atoms with van der Waals surface area (Å²) >= 11 is 0. The Morgan fingerprint density at radius 2 is 1.20 bits per heavy atom. The lowest BCUT2D eigenvalue weighted by atomic mass is 10.1. The van der Waals surface area contributed by atoms with Crippen molar-refractivity contribution in [1.29, 1.82) is 0 Å². The molecule has 3 amide bonds. The van der Waals surface area contributed by atoms with Gasteiger partial charge in [0, 0.05) is 50.8 Å². The Morgan fingerprint density at radius 1 is 0.643 bits per heavy atom. The van der Waals surface area contributed by atoms with Crippen molar-refractivity contribution in [3.05, 3.63) is 36.4 Å². The molecule has 2 aromatic rings. The number of aromatic nitrogens is 4. The van der Waals surface area contributed by atoms with E-state index < -0.39 is 54.4 Å². The number of aliphatic carboxylic acids is 5. The Balaban J connectivity index is 1.57. The zero-order valence-corrected chi connectivity index (χ0v) is 31.0. The molecule has 22 nitrogen and oxygen atoms in total. The molecule has 0 bridgehead atoms. The van der Waals surface area contributed by atoms with E-state index in [1.165, 1.54) is 12.4 Å². The van der Waals surface area contributed by atoms with Crippen molar-refractivity contribution in [2.24, 2.45) is 0 Å². The fourth-order valence-electron chi connectivity index (χ4n) is 5.31. The van der Waals surface area contributed by atoms with Crippen LogP contribution >= 0.6 is 0 Å². The molecule has 22 heteroatoms. The molecule has 56 heavy (non-hydrogen) atoms. The van der Waals surface area contributed by atoms with Crippen LogP contribution in [-0.2, 0) is 64.4 Å². The largest absolute Gasteiger partial charge is 0.481 e. The highest BCUT2D eigenvalue weighted by Crippen LogP contribution is 2.11. The maximum Gasteiger partial charge on any atom is 0.326 e. The molecule has 0 aliphatic rings. The predicted octanol–water partition coefficient (Wildman–Crippen LogP) is 0.202. The Hall–Kier alpha value is -5.61. The number of unbranched alkanes of at least 4 members (excludes halogenated alkanes) is 3. The molecule has 0 saturated heterocycles. The highest BCUT2D eigenvalue weighted by atomic mass is 16.5. The van der Waals surface area contributed by atoms with E-state index in [2.05, 4.69) is 25.9 Å². The maximum atomic E-state index is 12.1. The average Bonchev–Trinajstić information content (AvgIpc) is 3.75. The summed E-state index contributed by atoms with van der Waals surface area (Å²) < 4.78 is 14.2. The molecule has 0 fully saturated rings. The van der Waals surface area contributed by atoms with Crippen molar-refractivity contribution in [3.8, 4) is 0 Å². The molecule has 0 unspecified atom stereocenters. The molecule has 0 aromatic carbocycles. The zero-order valence-electron chi connectivity index (χ0n) is 31.0. The van der Waals surface area contributed by atoms with Crippen LogP contribution in [-0.4, -0.2) is 143 Å². The Morgan fingerprint density at radius 3 is 1.73 bits per heavy atom. The van der Waals surface area contributed by atoms with E-state index in [9.17, 15) is 48.9 Å². The Kier molecular flexibility index (Phi) is 21.8. The Bertz CT molecular complexity index is 1510. The molecule has 2 atom stereocenters. The molecule has 312 valence electrons. The van der Waals surface area contributed by atoms with E-state index in [-0.39, 0.29) is 58.0 Å². The molecule has 2 heterocycles. The van der Waals surface area contributed by atoms with Crippen molar-refractivity contribution in [2.45, 2.75) is 96.1 Å². The number of carbonyl (C=O) groups excluding carboxylic acids is 2. The topological polar surface area (TPSA) is 314 Å². The molecule has 0 aliphatic carbocycles. The third kappa shape index (κ3) is 20.2. The summed E-state index contributed by atoms with van der Waals surface area (Å²) in [6.45, 7) is 2.42. The van der Waals surface area contributed by atoms with Crippen molar-refractivity contribution in [2.75, 3.05) is 39.5 Å². The molecule has 2 aromatic heterocycles. The van der Waals surface area contributed by atoms with Gasteiger partial charge < -0.3 is 60.1 Å². The third-order valence-corrected chi connectivity index (χ3v) is 8.15. The van der Waals surface area contributed by atoms with Gasteiger partial charge in [0.15, 0.2) is 0 Å². The normalized spacial score (nSPS) is 12.2. The van der Waals surface area contributed by atoms with Gasteiger partial charge in [-0.05, 0) is 51.5 Å². The molecule has 0 radical (unpaired) electrons. The number of carboxylic acids is 5. The summed E-state index contributed by atoms with van der Waals surface area (Å²) in [6, 6.07) is -3.87. The number of nitrogens with zero attached hydrogens (tertiary/aromatic N) is 5. The molecule has 0 spiro atoms. The number of carbonyl (C=O) groups is 7. The maximum absolute atomic E-state index is 12.1. The Labute approximate surface area is 322 Å². The number of amides is 3. The molecule has 0 aliphatic heterocycles. The molecular formula is C34H52N8O14. The summed E-state index contributed by atoms with van der Waals surface area (Å²) in [6.07, 6.45) is 8.65.